The van der Waals surface area contributed by atoms with E-state index in [4.69, 9.17) is 10.8 Å². The van der Waals surface area contributed by atoms with E-state index in [2.05, 4.69) is 13.8 Å². The Bertz CT molecular complexity index is 61.9. The average Bonchev–Trinajstić information content (AvgIpc) is 1.90. The number of nitrogens with two attached hydrogens (primary N) is 1. The summed E-state index contributed by atoms with van der Waals surface area (Å²) in [5.41, 5.74) is 5.40. The van der Waals surface area contributed by atoms with Crippen LogP contribution in [0.4, 0.5) is 0 Å². The van der Waals surface area contributed by atoms with Gasteiger partial charge in [0.15, 0.2) is 0 Å². The normalized spacial score (nSPS) is 17.3. The van der Waals surface area contributed by atoms with Crippen LogP contribution < -0.4 is 5.73 Å². The maximum Gasteiger partial charge on any atom is 0.0473 e. The lowest BCUT2D eigenvalue weighted by Crippen LogP contribution is -2.24. The zero-order valence-electron chi connectivity index (χ0n) is 6.30. The van der Waals surface area contributed by atoms with Crippen LogP contribution in [-0.4, -0.2) is 18.3 Å². The van der Waals surface area contributed by atoms with E-state index in [9.17, 15) is 0 Å². The number of aliphatic hydroxyl groups excluding tert-OH is 1. The number of aliphatic hydroxyl groups is 1. The fourth-order valence-electron chi connectivity index (χ4n) is 0.820. The Labute approximate surface area is 57.1 Å². The van der Waals surface area contributed by atoms with E-state index in [-0.39, 0.29) is 6.61 Å². The molecule has 0 aliphatic heterocycles. The largest absolute Gasteiger partial charge is 0.396 e. The van der Waals surface area contributed by atoms with Gasteiger partial charge in [0.1, 0.15) is 0 Å². The van der Waals surface area contributed by atoms with Crippen LogP contribution in [0.2, 0.25) is 0 Å². The van der Waals surface area contributed by atoms with E-state index >= 15 is 0 Å². The summed E-state index contributed by atoms with van der Waals surface area (Å²) in [6.45, 7) is 5.06. The summed E-state index contributed by atoms with van der Waals surface area (Å²) in [6, 6.07) is 0. The Hall–Kier alpha value is -0.0800. The van der Waals surface area contributed by atoms with Crippen molar-refractivity contribution in [3.8, 4) is 0 Å². The predicted molar refractivity (Wildman–Crippen MR) is 39.1 cm³/mol. The molecule has 2 unspecified atom stereocenters. The van der Waals surface area contributed by atoms with Crippen LogP contribution in [0.3, 0.4) is 0 Å². The lowest BCUT2D eigenvalue weighted by atomic mass is 9.93. The molecule has 0 bridgehead atoms. The highest BCUT2D eigenvalue weighted by atomic mass is 16.3. The highest BCUT2D eigenvalue weighted by molar-refractivity contribution is 4.63. The molecule has 3 N–H and O–H groups in total. The van der Waals surface area contributed by atoms with E-state index in [1.165, 1.54) is 0 Å². The maximum atomic E-state index is 8.75. The predicted octanol–water partition coefficient (Wildman–Crippen LogP) is 0.600. The summed E-state index contributed by atoms with van der Waals surface area (Å²) in [4.78, 5) is 0. The van der Waals surface area contributed by atoms with Crippen LogP contribution in [-0.2, 0) is 0 Å². The molecule has 0 aliphatic rings. The van der Waals surface area contributed by atoms with Crippen LogP contribution in [0.1, 0.15) is 20.3 Å². The van der Waals surface area contributed by atoms with Crippen molar-refractivity contribution in [3.05, 3.63) is 0 Å². The van der Waals surface area contributed by atoms with Crippen LogP contribution in [0.25, 0.3) is 0 Å². The van der Waals surface area contributed by atoms with Gasteiger partial charge in [-0.1, -0.05) is 20.3 Å². The third-order valence-electron chi connectivity index (χ3n) is 1.99. The molecule has 2 nitrogen and oxygen atoms in total. The first kappa shape index (κ1) is 8.92. The van der Waals surface area contributed by atoms with Gasteiger partial charge in [0.25, 0.3) is 0 Å². The summed E-state index contributed by atoms with van der Waals surface area (Å²) < 4.78 is 0. The Balaban J connectivity index is 3.50. The SMILES string of the molecule is CCC(C)C(CN)CO. The van der Waals surface area contributed by atoms with Gasteiger partial charge in [-0.2, -0.15) is 0 Å². The summed E-state index contributed by atoms with van der Waals surface area (Å²) in [7, 11) is 0. The molecular formula is C7H17NO. The molecule has 2 heteroatoms. The van der Waals surface area contributed by atoms with Gasteiger partial charge in [-0.15, -0.1) is 0 Å². The van der Waals surface area contributed by atoms with Crippen molar-refractivity contribution < 1.29 is 5.11 Å². The van der Waals surface area contributed by atoms with Crippen LogP contribution in [0.5, 0.6) is 0 Å². The minimum atomic E-state index is 0.228. The van der Waals surface area contributed by atoms with Gasteiger partial charge in [-0.25, -0.2) is 0 Å². The van der Waals surface area contributed by atoms with Crippen LogP contribution in [0.15, 0.2) is 0 Å². The fraction of sp³-hybridized carbons (Fsp3) is 1.00. The molecule has 2 atom stereocenters. The molecule has 0 fully saturated rings. The third kappa shape index (κ3) is 2.82. The Morgan fingerprint density at radius 1 is 1.56 bits per heavy atom. The summed E-state index contributed by atoms with van der Waals surface area (Å²) in [5.74, 6) is 0.856. The molecule has 0 radical (unpaired) electrons. The van der Waals surface area contributed by atoms with Crippen molar-refractivity contribution in [1.29, 1.82) is 0 Å². The maximum absolute atomic E-state index is 8.75. The molecule has 0 amide bonds. The van der Waals surface area contributed by atoms with Gasteiger partial charge >= 0.3 is 0 Å². The summed E-state index contributed by atoms with van der Waals surface area (Å²) in [5, 5.41) is 8.75. The minimum Gasteiger partial charge on any atom is -0.396 e. The molecule has 56 valence electrons. The van der Waals surface area contributed by atoms with Crippen molar-refractivity contribution in [1.82, 2.24) is 0 Å². The molecule has 0 aromatic carbocycles. The van der Waals surface area contributed by atoms with Gasteiger partial charge in [0.05, 0.1) is 0 Å². The smallest absolute Gasteiger partial charge is 0.0473 e. The highest BCUT2D eigenvalue weighted by Gasteiger charge is 2.11. The second-order valence-corrected chi connectivity index (χ2v) is 2.56. The van der Waals surface area contributed by atoms with E-state index < -0.39 is 0 Å². The van der Waals surface area contributed by atoms with Gasteiger partial charge in [0.2, 0.25) is 0 Å². The quantitative estimate of drug-likeness (QED) is 0.587. The van der Waals surface area contributed by atoms with E-state index in [1.54, 1.807) is 0 Å². The van der Waals surface area contributed by atoms with E-state index in [0.717, 1.165) is 6.42 Å². The van der Waals surface area contributed by atoms with E-state index in [1.807, 2.05) is 0 Å². The lowest BCUT2D eigenvalue weighted by molar-refractivity contribution is 0.185. The second-order valence-electron chi connectivity index (χ2n) is 2.56. The van der Waals surface area contributed by atoms with Crippen molar-refractivity contribution >= 4 is 0 Å². The second kappa shape index (κ2) is 4.77. The average molecular weight is 131 g/mol. The van der Waals surface area contributed by atoms with Gasteiger partial charge in [-0.05, 0) is 18.4 Å². The minimum absolute atomic E-state index is 0.228. The topological polar surface area (TPSA) is 46.2 Å². The molecular weight excluding hydrogens is 114 g/mol. The van der Waals surface area contributed by atoms with Gasteiger partial charge in [0, 0.05) is 6.61 Å². The Morgan fingerprint density at radius 3 is 2.22 bits per heavy atom. The third-order valence-corrected chi connectivity index (χ3v) is 1.99. The van der Waals surface area contributed by atoms with Crippen molar-refractivity contribution in [2.24, 2.45) is 17.6 Å². The van der Waals surface area contributed by atoms with E-state index in [0.29, 0.717) is 18.4 Å². The molecule has 0 aliphatic carbocycles. The Morgan fingerprint density at radius 2 is 2.11 bits per heavy atom. The van der Waals surface area contributed by atoms with Gasteiger partial charge in [-0.3, -0.25) is 0 Å². The molecule has 0 saturated carbocycles. The molecule has 0 saturated heterocycles. The summed E-state index contributed by atoms with van der Waals surface area (Å²) in [6.07, 6.45) is 1.10. The van der Waals surface area contributed by atoms with Gasteiger partial charge < -0.3 is 10.8 Å². The standard InChI is InChI=1S/C7H17NO/c1-3-6(2)7(4-8)5-9/h6-7,9H,3-5,8H2,1-2H3. The lowest BCUT2D eigenvalue weighted by Gasteiger charge is -2.17. The first-order valence-corrected chi connectivity index (χ1v) is 3.57. The number of rotatable bonds is 4. The molecule has 0 spiro atoms. The molecule has 0 heterocycles. The zero-order chi connectivity index (χ0) is 7.28. The van der Waals surface area contributed by atoms with Crippen molar-refractivity contribution in [2.45, 2.75) is 20.3 Å². The monoisotopic (exact) mass is 131 g/mol. The molecule has 0 rings (SSSR count). The van der Waals surface area contributed by atoms with Crippen LogP contribution >= 0.6 is 0 Å². The fourth-order valence-corrected chi connectivity index (χ4v) is 0.820. The number of hydrogen-bond donors (Lipinski definition) is 2. The molecule has 9 heavy (non-hydrogen) atoms. The zero-order valence-corrected chi connectivity index (χ0v) is 6.30. The molecule has 0 aromatic rings. The van der Waals surface area contributed by atoms with Crippen molar-refractivity contribution in [2.75, 3.05) is 13.2 Å². The first-order chi connectivity index (χ1) is 4.26. The van der Waals surface area contributed by atoms with Crippen molar-refractivity contribution in [3.63, 3.8) is 0 Å². The summed E-state index contributed by atoms with van der Waals surface area (Å²) >= 11 is 0. The van der Waals surface area contributed by atoms with Crippen LogP contribution in [0, 0.1) is 11.8 Å². The number of hydrogen-bond acceptors (Lipinski definition) is 2. The Kier molecular flexibility index (Phi) is 4.72. The molecule has 0 aromatic heterocycles. The first-order valence-electron chi connectivity index (χ1n) is 3.57. The highest BCUT2D eigenvalue weighted by Crippen LogP contribution is 2.12.